The van der Waals surface area contributed by atoms with Gasteiger partial charge in [0.2, 0.25) is 0 Å². The molecule has 0 heterocycles. The molecule has 1 fully saturated rings. The maximum absolute atomic E-state index is 2.47. The Morgan fingerprint density at radius 1 is 1.31 bits per heavy atom. The first-order valence-corrected chi connectivity index (χ1v) is 5.66. The summed E-state index contributed by atoms with van der Waals surface area (Å²) >= 11 is 0. The minimum absolute atomic E-state index is 0.484. The molecule has 2 unspecified atom stereocenters. The van der Waals surface area contributed by atoms with Crippen molar-refractivity contribution < 1.29 is 0 Å². The molecule has 2 atom stereocenters. The standard InChI is InChI=1S/C12H25N/c1-10(2)12(13(4)5)8-6-7-11(3)9-12/h10-11H,6-9H2,1-5H3. The van der Waals surface area contributed by atoms with E-state index in [1.54, 1.807) is 0 Å². The predicted molar refractivity (Wildman–Crippen MR) is 58.9 cm³/mol. The summed E-state index contributed by atoms with van der Waals surface area (Å²) in [7, 11) is 4.50. The van der Waals surface area contributed by atoms with Crippen molar-refractivity contribution in [3.05, 3.63) is 0 Å². The molecular formula is C12H25N. The van der Waals surface area contributed by atoms with Crippen molar-refractivity contribution in [2.24, 2.45) is 11.8 Å². The molecule has 1 nitrogen and oxygen atoms in total. The fourth-order valence-corrected chi connectivity index (χ4v) is 3.01. The minimum atomic E-state index is 0.484. The Hall–Kier alpha value is -0.0400. The van der Waals surface area contributed by atoms with Crippen molar-refractivity contribution in [1.29, 1.82) is 0 Å². The Morgan fingerprint density at radius 2 is 1.92 bits per heavy atom. The Bertz CT molecular complexity index is 153. The second kappa shape index (κ2) is 4.00. The first-order chi connectivity index (χ1) is 5.99. The Morgan fingerprint density at radius 3 is 2.23 bits per heavy atom. The summed E-state index contributed by atoms with van der Waals surface area (Å²) in [5.74, 6) is 1.70. The van der Waals surface area contributed by atoms with Gasteiger partial charge in [0.15, 0.2) is 0 Å². The third-order valence-electron chi connectivity index (χ3n) is 3.97. The lowest BCUT2D eigenvalue weighted by Gasteiger charge is -2.48. The van der Waals surface area contributed by atoms with Crippen LogP contribution in [0.25, 0.3) is 0 Å². The van der Waals surface area contributed by atoms with Crippen LogP contribution in [0.4, 0.5) is 0 Å². The van der Waals surface area contributed by atoms with Gasteiger partial charge in [-0.3, -0.25) is 0 Å². The van der Waals surface area contributed by atoms with Gasteiger partial charge in [-0.2, -0.15) is 0 Å². The SMILES string of the molecule is CC1CCCC(C(C)C)(N(C)C)C1. The number of hydrogen-bond acceptors (Lipinski definition) is 1. The highest BCUT2D eigenvalue weighted by Gasteiger charge is 2.39. The number of hydrogen-bond donors (Lipinski definition) is 0. The molecule has 0 aliphatic heterocycles. The van der Waals surface area contributed by atoms with Crippen molar-refractivity contribution in [3.8, 4) is 0 Å². The van der Waals surface area contributed by atoms with Crippen LogP contribution in [0.15, 0.2) is 0 Å². The van der Waals surface area contributed by atoms with Gasteiger partial charge in [-0.25, -0.2) is 0 Å². The average Bonchev–Trinajstić information content (AvgIpc) is 2.03. The third-order valence-corrected chi connectivity index (χ3v) is 3.97. The molecule has 1 saturated carbocycles. The van der Waals surface area contributed by atoms with E-state index in [9.17, 15) is 0 Å². The van der Waals surface area contributed by atoms with Crippen molar-refractivity contribution in [2.45, 2.75) is 52.0 Å². The topological polar surface area (TPSA) is 3.24 Å². The predicted octanol–water partition coefficient (Wildman–Crippen LogP) is 3.15. The smallest absolute Gasteiger partial charge is 0.0228 e. The van der Waals surface area contributed by atoms with Crippen LogP contribution in [0, 0.1) is 11.8 Å². The van der Waals surface area contributed by atoms with Gasteiger partial charge in [0, 0.05) is 5.54 Å². The van der Waals surface area contributed by atoms with Crippen LogP contribution in [0.5, 0.6) is 0 Å². The molecule has 0 aromatic rings. The zero-order valence-corrected chi connectivity index (χ0v) is 9.93. The van der Waals surface area contributed by atoms with Crippen LogP contribution >= 0.6 is 0 Å². The Labute approximate surface area is 83.5 Å². The van der Waals surface area contributed by atoms with Gasteiger partial charge in [-0.15, -0.1) is 0 Å². The second-order valence-electron chi connectivity index (χ2n) is 5.35. The number of nitrogens with zero attached hydrogens (tertiary/aromatic N) is 1. The van der Waals surface area contributed by atoms with Crippen molar-refractivity contribution in [3.63, 3.8) is 0 Å². The molecule has 1 aliphatic carbocycles. The van der Waals surface area contributed by atoms with Crippen LogP contribution < -0.4 is 0 Å². The fraction of sp³-hybridized carbons (Fsp3) is 1.00. The lowest BCUT2D eigenvalue weighted by Crippen LogP contribution is -2.51. The highest BCUT2D eigenvalue weighted by atomic mass is 15.1. The van der Waals surface area contributed by atoms with E-state index in [-0.39, 0.29) is 0 Å². The zero-order chi connectivity index (χ0) is 10.1. The molecule has 1 aliphatic rings. The van der Waals surface area contributed by atoms with Crippen LogP contribution in [-0.4, -0.2) is 24.5 Å². The summed E-state index contributed by atoms with van der Waals surface area (Å²) in [5.41, 5.74) is 0.484. The number of rotatable bonds is 2. The maximum atomic E-state index is 2.47. The van der Waals surface area contributed by atoms with Crippen LogP contribution in [0.2, 0.25) is 0 Å². The van der Waals surface area contributed by atoms with Crippen molar-refractivity contribution >= 4 is 0 Å². The van der Waals surface area contributed by atoms with Crippen LogP contribution in [0.3, 0.4) is 0 Å². The van der Waals surface area contributed by atoms with E-state index in [1.807, 2.05) is 0 Å². The summed E-state index contributed by atoms with van der Waals surface area (Å²) < 4.78 is 0. The van der Waals surface area contributed by atoms with Gasteiger partial charge in [0.05, 0.1) is 0 Å². The molecule has 0 saturated heterocycles. The summed E-state index contributed by atoms with van der Waals surface area (Å²) in [6.45, 7) is 7.15. The minimum Gasteiger partial charge on any atom is -0.303 e. The molecule has 1 rings (SSSR count). The van der Waals surface area contributed by atoms with E-state index in [0.717, 1.165) is 11.8 Å². The van der Waals surface area contributed by atoms with E-state index in [4.69, 9.17) is 0 Å². The molecule has 1 heteroatoms. The quantitative estimate of drug-likeness (QED) is 0.635. The van der Waals surface area contributed by atoms with E-state index in [1.165, 1.54) is 25.7 Å². The molecule has 0 amide bonds. The van der Waals surface area contributed by atoms with Gasteiger partial charge < -0.3 is 4.90 Å². The molecule has 0 N–H and O–H groups in total. The Kier molecular flexibility index (Phi) is 3.39. The highest BCUT2D eigenvalue weighted by molar-refractivity contribution is 4.94. The highest BCUT2D eigenvalue weighted by Crippen LogP contribution is 2.40. The van der Waals surface area contributed by atoms with Crippen LogP contribution in [0.1, 0.15) is 46.5 Å². The van der Waals surface area contributed by atoms with Gasteiger partial charge in [0.25, 0.3) is 0 Å². The molecule has 0 aromatic carbocycles. The lowest BCUT2D eigenvalue weighted by molar-refractivity contribution is 0.0326. The van der Waals surface area contributed by atoms with Gasteiger partial charge in [-0.05, 0) is 38.8 Å². The molecule has 0 spiro atoms. The van der Waals surface area contributed by atoms with E-state index in [2.05, 4.69) is 39.8 Å². The van der Waals surface area contributed by atoms with Crippen molar-refractivity contribution in [2.75, 3.05) is 14.1 Å². The van der Waals surface area contributed by atoms with Crippen molar-refractivity contribution in [1.82, 2.24) is 4.90 Å². The monoisotopic (exact) mass is 183 g/mol. The molecule has 78 valence electrons. The molecule has 0 bridgehead atoms. The molecular weight excluding hydrogens is 158 g/mol. The summed E-state index contributed by atoms with van der Waals surface area (Å²) in [6.07, 6.45) is 5.62. The Balaban J connectivity index is 2.77. The van der Waals surface area contributed by atoms with Crippen LogP contribution in [-0.2, 0) is 0 Å². The molecule has 0 aromatic heterocycles. The third kappa shape index (κ3) is 2.07. The maximum Gasteiger partial charge on any atom is 0.0228 e. The first-order valence-electron chi connectivity index (χ1n) is 5.66. The summed E-state index contributed by atoms with van der Waals surface area (Å²) in [6, 6.07) is 0. The van der Waals surface area contributed by atoms with E-state index in [0.29, 0.717) is 5.54 Å². The van der Waals surface area contributed by atoms with Gasteiger partial charge >= 0.3 is 0 Å². The second-order valence-corrected chi connectivity index (χ2v) is 5.35. The molecule has 13 heavy (non-hydrogen) atoms. The lowest BCUT2D eigenvalue weighted by atomic mass is 9.69. The summed E-state index contributed by atoms with van der Waals surface area (Å²) in [4.78, 5) is 2.47. The summed E-state index contributed by atoms with van der Waals surface area (Å²) in [5, 5.41) is 0. The van der Waals surface area contributed by atoms with E-state index >= 15 is 0 Å². The van der Waals surface area contributed by atoms with Gasteiger partial charge in [0.1, 0.15) is 0 Å². The fourth-order valence-electron chi connectivity index (χ4n) is 3.01. The first kappa shape index (κ1) is 11.0. The average molecular weight is 183 g/mol. The molecule has 0 radical (unpaired) electrons. The van der Waals surface area contributed by atoms with E-state index < -0.39 is 0 Å². The zero-order valence-electron chi connectivity index (χ0n) is 9.93. The largest absolute Gasteiger partial charge is 0.303 e. The van der Waals surface area contributed by atoms with Gasteiger partial charge in [-0.1, -0.05) is 33.6 Å². The normalized spacial score (nSPS) is 35.8.